The van der Waals surface area contributed by atoms with E-state index in [1.54, 1.807) is 0 Å². The minimum Gasteiger partial charge on any atom is -0.493 e. The van der Waals surface area contributed by atoms with E-state index in [0.717, 1.165) is 0 Å². The predicted molar refractivity (Wildman–Crippen MR) is 72.8 cm³/mol. The Labute approximate surface area is 119 Å². The molecule has 1 aromatic carbocycles. The molecule has 0 atom stereocenters. The minimum absolute atomic E-state index is 0.0961. The summed E-state index contributed by atoms with van der Waals surface area (Å²) in [6, 6.07) is 3.94. The maximum Gasteiger partial charge on any atom is 0.273 e. The lowest BCUT2D eigenvalue weighted by molar-refractivity contribution is -0.384. The maximum absolute atomic E-state index is 10.8. The van der Waals surface area contributed by atoms with Gasteiger partial charge in [-0.2, -0.15) is 0 Å². The van der Waals surface area contributed by atoms with Gasteiger partial charge in [-0.3, -0.25) is 15.5 Å². The molecule has 0 aliphatic rings. The molecule has 0 spiro atoms. The van der Waals surface area contributed by atoms with Crippen LogP contribution in [-0.4, -0.2) is 27.8 Å². The van der Waals surface area contributed by atoms with Crippen molar-refractivity contribution in [2.75, 3.05) is 7.11 Å². The van der Waals surface area contributed by atoms with Crippen molar-refractivity contribution < 1.29 is 14.4 Å². The number of nitrogens with one attached hydrogen (secondary N) is 1. The standard InChI is InChI=1S/C12H11N5O4/c1-20-9-3-2-7(17(18)19)4-10(9)21-11-6-15-8(5-16-11)12(13)14/h2-6H,1H3,(H3,13,14). The summed E-state index contributed by atoms with van der Waals surface area (Å²) in [7, 11) is 1.42. The van der Waals surface area contributed by atoms with Crippen LogP contribution in [0.4, 0.5) is 5.69 Å². The van der Waals surface area contributed by atoms with Crippen LogP contribution >= 0.6 is 0 Å². The highest BCUT2D eigenvalue weighted by molar-refractivity contribution is 5.92. The van der Waals surface area contributed by atoms with Gasteiger partial charge in [-0.1, -0.05) is 0 Å². The summed E-state index contributed by atoms with van der Waals surface area (Å²) < 4.78 is 10.5. The maximum atomic E-state index is 10.8. The molecular formula is C12H11N5O4. The summed E-state index contributed by atoms with van der Waals surface area (Å²) in [6.07, 6.45) is 2.52. The summed E-state index contributed by atoms with van der Waals surface area (Å²) >= 11 is 0. The highest BCUT2D eigenvalue weighted by Crippen LogP contribution is 2.33. The fourth-order valence-electron chi connectivity index (χ4n) is 1.48. The Morgan fingerprint density at radius 2 is 2.10 bits per heavy atom. The summed E-state index contributed by atoms with van der Waals surface area (Å²) in [4.78, 5) is 18.0. The second-order valence-electron chi connectivity index (χ2n) is 3.85. The average Bonchev–Trinajstić information content (AvgIpc) is 2.47. The zero-order valence-electron chi connectivity index (χ0n) is 10.9. The number of hydrogen-bond donors (Lipinski definition) is 2. The molecule has 0 aliphatic carbocycles. The summed E-state index contributed by atoms with van der Waals surface area (Å²) in [5.41, 5.74) is 5.32. The van der Waals surface area contributed by atoms with Crippen molar-refractivity contribution in [3.05, 3.63) is 46.4 Å². The Kier molecular flexibility index (Phi) is 3.93. The number of nitrogens with two attached hydrogens (primary N) is 1. The van der Waals surface area contributed by atoms with Gasteiger partial charge in [0.1, 0.15) is 11.5 Å². The molecule has 0 aliphatic heterocycles. The quantitative estimate of drug-likeness (QED) is 0.368. The SMILES string of the molecule is COc1ccc([N+](=O)[O-])cc1Oc1cnc(C(=N)N)cn1. The number of ether oxygens (including phenoxy) is 2. The van der Waals surface area contributed by atoms with Gasteiger partial charge in [0, 0.05) is 6.07 Å². The zero-order chi connectivity index (χ0) is 15.4. The minimum atomic E-state index is -0.545. The molecule has 0 amide bonds. The first-order chi connectivity index (χ1) is 10.0. The smallest absolute Gasteiger partial charge is 0.273 e. The van der Waals surface area contributed by atoms with Gasteiger partial charge in [0.25, 0.3) is 5.69 Å². The van der Waals surface area contributed by atoms with Gasteiger partial charge < -0.3 is 15.2 Å². The van der Waals surface area contributed by atoms with Gasteiger partial charge in [-0.05, 0) is 6.07 Å². The van der Waals surface area contributed by atoms with Gasteiger partial charge in [0.2, 0.25) is 5.88 Å². The van der Waals surface area contributed by atoms with Crippen molar-refractivity contribution in [1.82, 2.24) is 9.97 Å². The summed E-state index contributed by atoms with van der Waals surface area (Å²) in [5, 5.41) is 18.0. The molecular weight excluding hydrogens is 278 g/mol. The van der Waals surface area contributed by atoms with Crippen molar-refractivity contribution in [1.29, 1.82) is 5.41 Å². The highest BCUT2D eigenvalue weighted by atomic mass is 16.6. The molecule has 9 nitrogen and oxygen atoms in total. The summed E-state index contributed by atoms with van der Waals surface area (Å²) in [5.74, 6) is 0.329. The monoisotopic (exact) mass is 289 g/mol. The average molecular weight is 289 g/mol. The van der Waals surface area contributed by atoms with Crippen molar-refractivity contribution >= 4 is 11.5 Å². The Balaban J connectivity index is 2.31. The van der Waals surface area contributed by atoms with Crippen LogP contribution in [0.2, 0.25) is 0 Å². The largest absolute Gasteiger partial charge is 0.493 e. The molecule has 1 heterocycles. The number of nitrogens with zero attached hydrogens (tertiary/aromatic N) is 3. The lowest BCUT2D eigenvalue weighted by Crippen LogP contribution is -2.13. The number of nitro groups is 1. The first kappa shape index (κ1) is 14.2. The molecule has 21 heavy (non-hydrogen) atoms. The van der Waals surface area contributed by atoms with E-state index in [9.17, 15) is 10.1 Å². The molecule has 2 aromatic rings. The normalized spacial score (nSPS) is 9.95. The van der Waals surface area contributed by atoms with E-state index in [4.69, 9.17) is 20.6 Å². The molecule has 0 fully saturated rings. The molecule has 0 unspecified atom stereocenters. The van der Waals surface area contributed by atoms with Crippen molar-refractivity contribution in [3.63, 3.8) is 0 Å². The number of nitro benzene ring substituents is 1. The van der Waals surface area contributed by atoms with E-state index in [1.807, 2.05) is 0 Å². The third-order valence-electron chi connectivity index (χ3n) is 2.48. The van der Waals surface area contributed by atoms with Crippen LogP contribution in [0.1, 0.15) is 5.69 Å². The Morgan fingerprint density at radius 1 is 1.33 bits per heavy atom. The number of benzene rings is 1. The van der Waals surface area contributed by atoms with Crippen molar-refractivity contribution in [2.24, 2.45) is 5.73 Å². The highest BCUT2D eigenvalue weighted by Gasteiger charge is 2.14. The van der Waals surface area contributed by atoms with Gasteiger partial charge in [0.15, 0.2) is 11.5 Å². The molecule has 0 bridgehead atoms. The van der Waals surface area contributed by atoms with E-state index in [2.05, 4.69) is 9.97 Å². The Bertz CT molecular complexity index is 687. The van der Waals surface area contributed by atoms with E-state index >= 15 is 0 Å². The third kappa shape index (κ3) is 3.21. The molecule has 1 aromatic heterocycles. The van der Waals surface area contributed by atoms with Gasteiger partial charge in [-0.15, -0.1) is 0 Å². The third-order valence-corrected chi connectivity index (χ3v) is 2.48. The number of hydrogen-bond acceptors (Lipinski definition) is 7. The topological polar surface area (TPSA) is 137 Å². The van der Waals surface area contributed by atoms with Crippen LogP contribution in [0, 0.1) is 15.5 Å². The Hall–Kier alpha value is -3.23. The molecule has 2 rings (SSSR count). The summed E-state index contributed by atoms with van der Waals surface area (Å²) in [6.45, 7) is 0. The molecule has 0 radical (unpaired) electrons. The van der Waals surface area contributed by atoms with Crippen LogP contribution in [-0.2, 0) is 0 Å². The number of nitrogen functional groups attached to an aromatic ring is 1. The number of amidine groups is 1. The predicted octanol–water partition coefficient (Wildman–Crippen LogP) is 1.47. The second-order valence-corrected chi connectivity index (χ2v) is 3.85. The van der Waals surface area contributed by atoms with Crippen LogP contribution in [0.5, 0.6) is 17.4 Å². The molecule has 9 heteroatoms. The van der Waals surface area contributed by atoms with Gasteiger partial charge >= 0.3 is 0 Å². The number of non-ortho nitro benzene ring substituents is 1. The second kappa shape index (κ2) is 5.82. The van der Waals surface area contributed by atoms with Crippen LogP contribution < -0.4 is 15.2 Å². The first-order valence-corrected chi connectivity index (χ1v) is 5.68. The van der Waals surface area contributed by atoms with Crippen molar-refractivity contribution in [2.45, 2.75) is 0 Å². The number of methoxy groups -OCH3 is 1. The molecule has 108 valence electrons. The Morgan fingerprint density at radius 3 is 2.62 bits per heavy atom. The van der Waals surface area contributed by atoms with Crippen LogP contribution in [0.3, 0.4) is 0 Å². The molecule has 0 saturated heterocycles. The lowest BCUT2D eigenvalue weighted by Gasteiger charge is -2.09. The number of rotatable bonds is 5. The van der Waals surface area contributed by atoms with E-state index < -0.39 is 4.92 Å². The first-order valence-electron chi connectivity index (χ1n) is 5.68. The van der Waals surface area contributed by atoms with E-state index in [0.29, 0.717) is 5.75 Å². The lowest BCUT2D eigenvalue weighted by atomic mass is 10.3. The zero-order valence-corrected chi connectivity index (χ0v) is 10.9. The molecule has 3 N–H and O–H groups in total. The van der Waals surface area contributed by atoms with Crippen molar-refractivity contribution in [3.8, 4) is 17.4 Å². The van der Waals surface area contributed by atoms with E-state index in [1.165, 1.54) is 37.7 Å². The fraction of sp³-hybridized carbons (Fsp3) is 0.0833. The van der Waals surface area contributed by atoms with Crippen LogP contribution in [0.25, 0.3) is 0 Å². The fourth-order valence-corrected chi connectivity index (χ4v) is 1.48. The van der Waals surface area contributed by atoms with Gasteiger partial charge in [0.05, 0.1) is 30.5 Å². The molecule has 0 saturated carbocycles. The van der Waals surface area contributed by atoms with E-state index in [-0.39, 0.29) is 28.8 Å². The van der Waals surface area contributed by atoms with Crippen LogP contribution in [0.15, 0.2) is 30.6 Å². The van der Waals surface area contributed by atoms with Gasteiger partial charge in [-0.25, -0.2) is 9.97 Å². The number of aromatic nitrogens is 2.